The number of para-hydroxylation sites is 2. The number of hydrogen-bond donors (Lipinski definition) is 3. The first-order chi connectivity index (χ1) is 16.0. The number of carbonyl (C=O) groups is 1. The van der Waals surface area contributed by atoms with Crippen LogP contribution in [-0.4, -0.2) is 41.9 Å². The molecule has 0 saturated carbocycles. The molecular weight excluding hydrogens is 414 g/mol. The molecule has 0 unspecified atom stereocenters. The molecule has 170 valence electrons. The predicted octanol–water partition coefficient (Wildman–Crippen LogP) is 4.46. The van der Waals surface area contributed by atoms with E-state index in [1.807, 2.05) is 67.6 Å². The molecule has 1 amide bonds. The van der Waals surface area contributed by atoms with Crippen molar-refractivity contribution in [3.63, 3.8) is 0 Å². The SMILES string of the molecule is CNC(=O)c1c(C)n(-c2ccccc2C)c2ccc(OC[C@@H](O)CNc3ccccc3)cc12. The third kappa shape index (κ3) is 4.71. The smallest absolute Gasteiger partial charge is 0.253 e. The summed E-state index contributed by atoms with van der Waals surface area (Å²) in [6.07, 6.45) is -0.683. The third-order valence-electron chi connectivity index (χ3n) is 5.74. The van der Waals surface area contributed by atoms with E-state index in [4.69, 9.17) is 4.74 Å². The lowest BCUT2D eigenvalue weighted by Crippen LogP contribution is -2.26. The van der Waals surface area contributed by atoms with Crippen LogP contribution in [0.3, 0.4) is 0 Å². The molecule has 0 aliphatic rings. The Balaban J connectivity index is 1.60. The number of aryl methyl sites for hydroxylation is 1. The van der Waals surface area contributed by atoms with E-state index in [1.165, 1.54) is 0 Å². The molecule has 0 aliphatic carbocycles. The standard InChI is InChI=1S/C27H29N3O3/c1-18-9-7-8-12-24(18)30-19(2)26(27(32)28-3)23-15-22(13-14-25(23)30)33-17-21(31)16-29-20-10-5-4-6-11-20/h4-15,21,29,31H,16-17H2,1-3H3,(H,28,32)/t21-/m0/s1. The summed E-state index contributed by atoms with van der Waals surface area (Å²) in [5.41, 5.74) is 5.51. The number of nitrogens with zero attached hydrogens (tertiary/aromatic N) is 1. The molecule has 0 aliphatic heterocycles. The van der Waals surface area contributed by atoms with Crippen LogP contribution in [0.1, 0.15) is 21.6 Å². The Morgan fingerprint density at radius 3 is 2.48 bits per heavy atom. The molecule has 1 aromatic heterocycles. The number of ether oxygens (including phenoxy) is 1. The summed E-state index contributed by atoms with van der Waals surface area (Å²) < 4.78 is 7.99. The van der Waals surface area contributed by atoms with Crippen molar-refractivity contribution in [2.45, 2.75) is 20.0 Å². The normalized spacial score (nSPS) is 11.9. The number of aromatic nitrogens is 1. The van der Waals surface area contributed by atoms with E-state index < -0.39 is 6.10 Å². The van der Waals surface area contributed by atoms with Crippen LogP contribution < -0.4 is 15.4 Å². The van der Waals surface area contributed by atoms with Gasteiger partial charge in [0.1, 0.15) is 18.5 Å². The Kier molecular flexibility index (Phi) is 6.66. The number of aliphatic hydroxyl groups excluding tert-OH is 1. The van der Waals surface area contributed by atoms with E-state index in [2.05, 4.69) is 34.3 Å². The fourth-order valence-electron chi connectivity index (χ4n) is 4.07. The van der Waals surface area contributed by atoms with Crippen molar-refractivity contribution in [2.75, 3.05) is 25.5 Å². The average Bonchev–Trinajstić information content (AvgIpc) is 3.12. The number of benzene rings is 3. The first-order valence-corrected chi connectivity index (χ1v) is 11.0. The highest BCUT2D eigenvalue weighted by atomic mass is 16.5. The van der Waals surface area contributed by atoms with Gasteiger partial charge in [0, 0.05) is 36.0 Å². The molecule has 0 spiro atoms. The maximum absolute atomic E-state index is 12.8. The van der Waals surface area contributed by atoms with Gasteiger partial charge in [0.15, 0.2) is 0 Å². The van der Waals surface area contributed by atoms with Crippen LogP contribution in [0.2, 0.25) is 0 Å². The molecule has 0 radical (unpaired) electrons. The van der Waals surface area contributed by atoms with Gasteiger partial charge in [-0.25, -0.2) is 0 Å². The van der Waals surface area contributed by atoms with E-state index in [0.717, 1.165) is 33.5 Å². The molecule has 33 heavy (non-hydrogen) atoms. The third-order valence-corrected chi connectivity index (χ3v) is 5.74. The van der Waals surface area contributed by atoms with Crippen LogP contribution in [0.4, 0.5) is 5.69 Å². The highest BCUT2D eigenvalue weighted by Crippen LogP contribution is 2.33. The van der Waals surface area contributed by atoms with Crippen LogP contribution in [0.5, 0.6) is 5.75 Å². The number of nitrogens with one attached hydrogen (secondary N) is 2. The van der Waals surface area contributed by atoms with Crippen LogP contribution in [0.25, 0.3) is 16.6 Å². The van der Waals surface area contributed by atoms with Gasteiger partial charge in [-0.05, 0) is 55.8 Å². The van der Waals surface area contributed by atoms with Crippen LogP contribution in [0, 0.1) is 13.8 Å². The summed E-state index contributed by atoms with van der Waals surface area (Å²) >= 11 is 0. The molecule has 1 heterocycles. The minimum atomic E-state index is -0.683. The second kappa shape index (κ2) is 9.79. The number of amides is 1. The van der Waals surface area contributed by atoms with Crippen molar-refractivity contribution in [1.29, 1.82) is 0 Å². The highest BCUT2D eigenvalue weighted by Gasteiger charge is 2.21. The van der Waals surface area contributed by atoms with Crippen molar-refractivity contribution < 1.29 is 14.6 Å². The van der Waals surface area contributed by atoms with Crippen molar-refractivity contribution >= 4 is 22.5 Å². The Bertz CT molecular complexity index is 1260. The molecule has 6 heteroatoms. The number of anilines is 1. The van der Waals surface area contributed by atoms with E-state index in [0.29, 0.717) is 17.9 Å². The molecule has 3 N–H and O–H groups in total. The minimum Gasteiger partial charge on any atom is -0.491 e. The monoisotopic (exact) mass is 443 g/mol. The summed E-state index contributed by atoms with van der Waals surface area (Å²) in [6.45, 7) is 4.52. The maximum Gasteiger partial charge on any atom is 0.253 e. The summed E-state index contributed by atoms with van der Waals surface area (Å²) in [5.74, 6) is 0.461. The first kappa shape index (κ1) is 22.4. The van der Waals surface area contributed by atoms with Crippen molar-refractivity contribution in [3.05, 3.63) is 89.6 Å². The lowest BCUT2D eigenvalue weighted by atomic mass is 10.1. The van der Waals surface area contributed by atoms with E-state index in [1.54, 1.807) is 7.05 Å². The van der Waals surface area contributed by atoms with Crippen LogP contribution >= 0.6 is 0 Å². The van der Waals surface area contributed by atoms with E-state index in [9.17, 15) is 9.90 Å². The van der Waals surface area contributed by atoms with Gasteiger partial charge in [-0.1, -0.05) is 36.4 Å². The van der Waals surface area contributed by atoms with Crippen LogP contribution in [0.15, 0.2) is 72.8 Å². The summed E-state index contributed by atoms with van der Waals surface area (Å²) in [4.78, 5) is 12.8. The molecule has 4 aromatic rings. The number of aliphatic hydroxyl groups is 1. The van der Waals surface area contributed by atoms with Gasteiger partial charge in [0.25, 0.3) is 5.91 Å². The van der Waals surface area contributed by atoms with Gasteiger partial charge in [-0.15, -0.1) is 0 Å². The minimum absolute atomic E-state index is 0.137. The molecule has 6 nitrogen and oxygen atoms in total. The van der Waals surface area contributed by atoms with E-state index >= 15 is 0 Å². The Hall–Kier alpha value is -3.77. The van der Waals surface area contributed by atoms with Gasteiger partial charge in [-0.3, -0.25) is 4.79 Å². The number of carbonyl (C=O) groups excluding carboxylic acids is 1. The summed E-state index contributed by atoms with van der Waals surface area (Å²) in [7, 11) is 1.63. The van der Waals surface area contributed by atoms with Gasteiger partial charge in [0.05, 0.1) is 11.1 Å². The summed E-state index contributed by atoms with van der Waals surface area (Å²) in [6, 6.07) is 23.5. The second-order valence-electron chi connectivity index (χ2n) is 8.05. The van der Waals surface area contributed by atoms with Gasteiger partial charge >= 0.3 is 0 Å². The molecular formula is C27H29N3O3. The molecule has 0 saturated heterocycles. The van der Waals surface area contributed by atoms with E-state index in [-0.39, 0.29) is 12.5 Å². The van der Waals surface area contributed by atoms with Gasteiger partial charge in [-0.2, -0.15) is 0 Å². The van der Waals surface area contributed by atoms with Gasteiger partial charge < -0.3 is 25.0 Å². The largest absolute Gasteiger partial charge is 0.491 e. The first-order valence-electron chi connectivity index (χ1n) is 11.0. The molecule has 0 bridgehead atoms. The lowest BCUT2D eigenvalue weighted by molar-refractivity contribution is 0.0964. The zero-order chi connectivity index (χ0) is 23.4. The Morgan fingerprint density at radius 2 is 1.76 bits per heavy atom. The molecule has 1 atom stereocenters. The number of fused-ring (bicyclic) bond motifs is 1. The maximum atomic E-state index is 12.8. The lowest BCUT2D eigenvalue weighted by Gasteiger charge is -2.14. The second-order valence-corrected chi connectivity index (χ2v) is 8.05. The van der Waals surface area contributed by atoms with Crippen LogP contribution in [-0.2, 0) is 0 Å². The topological polar surface area (TPSA) is 75.5 Å². The number of hydrogen-bond acceptors (Lipinski definition) is 4. The van der Waals surface area contributed by atoms with Crippen molar-refractivity contribution in [2.24, 2.45) is 0 Å². The quantitative estimate of drug-likeness (QED) is 0.376. The molecule has 0 fully saturated rings. The van der Waals surface area contributed by atoms with Crippen molar-refractivity contribution in [3.8, 4) is 11.4 Å². The highest BCUT2D eigenvalue weighted by molar-refractivity contribution is 6.09. The average molecular weight is 444 g/mol. The van der Waals surface area contributed by atoms with Crippen molar-refractivity contribution in [1.82, 2.24) is 9.88 Å². The molecule has 4 rings (SSSR count). The Morgan fingerprint density at radius 1 is 1.03 bits per heavy atom. The fourth-order valence-corrected chi connectivity index (χ4v) is 4.07. The molecule has 3 aromatic carbocycles. The zero-order valence-corrected chi connectivity index (χ0v) is 19.1. The number of rotatable bonds is 8. The fraction of sp³-hybridized carbons (Fsp3) is 0.222. The zero-order valence-electron chi connectivity index (χ0n) is 19.1. The Labute approximate surface area is 193 Å². The predicted molar refractivity (Wildman–Crippen MR) is 133 cm³/mol. The summed E-state index contributed by atoms with van der Waals surface area (Å²) in [5, 5.41) is 17.1. The van der Waals surface area contributed by atoms with Gasteiger partial charge in [0.2, 0.25) is 0 Å².